The van der Waals surface area contributed by atoms with E-state index in [1.807, 2.05) is 6.92 Å². The van der Waals surface area contributed by atoms with Gasteiger partial charge in [-0.1, -0.05) is 67.6 Å². The van der Waals surface area contributed by atoms with E-state index in [2.05, 4.69) is 5.32 Å². The summed E-state index contributed by atoms with van der Waals surface area (Å²) in [5.41, 5.74) is 1.06. The van der Waals surface area contributed by atoms with Crippen LogP contribution in [-0.2, 0) is 26.2 Å². The molecule has 1 atom stereocenters. The van der Waals surface area contributed by atoms with Crippen LogP contribution in [0.4, 0.5) is 5.69 Å². The molecule has 36 heavy (non-hydrogen) atoms. The smallest absolute Gasteiger partial charge is 0.244 e. The summed E-state index contributed by atoms with van der Waals surface area (Å²) in [4.78, 5) is 28.5. The second-order valence-corrected chi connectivity index (χ2v) is 11.9. The van der Waals surface area contributed by atoms with Crippen molar-refractivity contribution in [3.8, 4) is 0 Å². The van der Waals surface area contributed by atoms with Gasteiger partial charge in [0.25, 0.3) is 0 Å². The van der Waals surface area contributed by atoms with Crippen LogP contribution < -0.4 is 9.62 Å². The standard InChI is InChI=1S/C26H33Cl2N3O4S/c1-3-24(26(33)29-22-9-5-4-6-10-22)30(17-19-12-14-20(27)15-13-19)25(32)18-31(36(2,34)35)23-11-7-8-21(28)16-23/h7-8,11-16,22,24H,3-6,9-10,17-18H2,1-2H3,(H,29,33). The maximum Gasteiger partial charge on any atom is 0.244 e. The molecule has 0 aromatic heterocycles. The van der Waals surface area contributed by atoms with E-state index in [0.717, 1.165) is 48.2 Å². The fraction of sp³-hybridized carbons (Fsp3) is 0.462. The number of sulfonamides is 1. The highest BCUT2D eigenvalue weighted by Crippen LogP contribution is 2.24. The van der Waals surface area contributed by atoms with Crippen LogP contribution >= 0.6 is 23.2 Å². The first-order chi connectivity index (χ1) is 17.1. The van der Waals surface area contributed by atoms with Gasteiger partial charge in [0.15, 0.2) is 0 Å². The van der Waals surface area contributed by atoms with Crippen LogP contribution in [0.5, 0.6) is 0 Å². The van der Waals surface area contributed by atoms with Crippen LogP contribution in [-0.4, -0.2) is 50.0 Å². The average Bonchev–Trinajstić information content (AvgIpc) is 2.83. The van der Waals surface area contributed by atoms with Gasteiger partial charge in [-0.3, -0.25) is 13.9 Å². The molecule has 2 amide bonds. The van der Waals surface area contributed by atoms with Crippen LogP contribution in [0.25, 0.3) is 0 Å². The molecule has 1 fully saturated rings. The van der Waals surface area contributed by atoms with Gasteiger partial charge in [-0.2, -0.15) is 0 Å². The Morgan fingerprint density at radius 3 is 2.28 bits per heavy atom. The summed E-state index contributed by atoms with van der Waals surface area (Å²) >= 11 is 12.1. The maximum atomic E-state index is 13.7. The summed E-state index contributed by atoms with van der Waals surface area (Å²) in [5.74, 6) is -0.707. The van der Waals surface area contributed by atoms with Crippen molar-refractivity contribution in [3.05, 3.63) is 64.1 Å². The van der Waals surface area contributed by atoms with E-state index in [4.69, 9.17) is 23.2 Å². The molecule has 0 aliphatic heterocycles. The minimum Gasteiger partial charge on any atom is -0.352 e. The number of amides is 2. The molecule has 2 aromatic rings. The van der Waals surface area contributed by atoms with Crippen molar-refractivity contribution in [2.75, 3.05) is 17.1 Å². The summed E-state index contributed by atoms with van der Waals surface area (Å²) in [6.07, 6.45) is 6.56. The molecule has 7 nitrogen and oxygen atoms in total. The lowest BCUT2D eigenvalue weighted by Crippen LogP contribution is -2.53. The molecule has 2 aromatic carbocycles. The molecule has 0 heterocycles. The van der Waals surface area contributed by atoms with Crippen molar-refractivity contribution in [2.45, 2.75) is 64.1 Å². The quantitative estimate of drug-likeness (QED) is 0.447. The molecule has 196 valence electrons. The normalized spacial score (nSPS) is 15.2. The molecule has 0 radical (unpaired) electrons. The zero-order chi connectivity index (χ0) is 26.3. The Balaban J connectivity index is 1.90. The molecule has 0 bridgehead atoms. The van der Waals surface area contributed by atoms with Crippen molar-refractivity contribution in [1.82, 2.24) is 10.2 Å². The van der Waals surface area contributed by atoms with Gasteiger partial charge in [0.2, 0.25) is 21.8 Å². The van der Waals surface area contributed by atoms with Crippen LogP contribution in [0.15, 0.2) is 48.5 Å². The number of carbonyl (C=O) groups excluding carboxylic acids is 2. The number of nitrogens with zero attached hydrogens (tertiary/aromatic N) is 2. The number of benzene rings is 2. The molecular weight excluding hydrogens is 521 g/mol. The van der Waals surface area contributed by atoms with E-state index in [9.17, 15) is 18.0 Å². The second kappa shape index (κ2) is 12.8. The number of rotatable bonds is 10. The topological polar surface area (TPSA) is 86.8 Å². The van der Waals surface area contributed by atoms with Crippen molar-refractivity contribution >= 4 is 50.7 Å². The highest BCUT2D eigenvalue weighted by atomic mass is 35.5. The van der Waals surface area contributed by atoms with E-state index in [-0.39, 0.29) is 24.2 Å². The van der Waals surface area contributed by atoms with Gasteiger partial charge in [0.05, 0.1) is 11.9 Å². The van der Waals surface area contributed by atoms with Gasteiger partial charge in [0.1, 0.15) is 12.6 Å². The fourth-order valence-electron chi connectivity index (χ4n) is 4.50. The first kappa shape index (κ1) is 28.3. The lowest BCUT2D eigenvalue weighted by Gasteiger charge is -2.34. The summed E-state index contributed by atoms with van der Waals surface area (Å²) in [5, 5.41) is 4.03. The Labute approximate surface area is 223 Å². The van der Waals surface area contributed by atoms with E-state index in [1.54, 1.807) is 42.5 Å². The fourth-order valence-corrected chi connectivity index (χ4v) is 5.65. The third kappa shape index (κ3) is 7.85. The number of carbonyl (C=O) groups is 2. The van der Waals surface area contributed by atoms with Gasteiger partial charge < -0.3 is 10.2 Å². The lowest BCUT2D eigenvalue weighted by atomic mass is 9.95. The lowest BCUT2D eigenvalue weighted by molar-refractivity contribution is -0.140. The highest BCUT2D eigenvalue weighted by Gasteiger charge is 2.32. The molecule has 1 saturated carbocycles. The minimum atomic E-state index is -3.81. The van der Waals surface area contributed by atoms with Gasteiger partial charge in [-0.05, 0) is 55.2 Å². The van der Waals surface area contributed by atoms with Gasteiger partial charge in [-0.25, -0.2) is 8.42 Å². The first-order valence-corrected chi connectivity index (χ1v) is 14.8. The Morgan fingerprint density at radius 2 is 1.69 bits per heavy atom. The maximum absolute atomic E-state index is 13.7. The zero-order valence-electron chi connectivity index (χ0n) is 20.6. The molecule has 3 rings (SSSR count). The summed E-state index contributed by atoms with van der Waals surface area (Å²) in [7, 11) is -3.81. The summed E-state index contributed by atoms with van der Waals surface area (Å²) in [6, 6.07) is 12.7. The number of nitrogens with one attached hydrogen (secondary N) is 1. The highest BCUT2D eigenvalue weighted by molar-refractivity contribution is 7.92. The van der Waals surface area contributed by atoms with Crippen LogP contribution in [0.1, 0.15) is 51.0 Å². The van der Waals surface area contributed by atoms with Gasteiger partial charge in [-0.15, -0.1) is 0 Å². The second-order valence-electron chi connectivity index (χ2n) is 9.17. The minimum absolute atomic E-state index is 0.0896. The predicted octanol–water partition coefficient (Wildman–Crippen LogP) is 5.02. The Kier molecular flexibility index (Phi) is 10.0. The molecule has 1 unspecified atom stereocenters. The van der Waals surface area contributed by atoms with Gasteiger partial charge in [0, 0.05) is 22.6 Å². The van der Waals surface area contributed by atoms with Crippen molar-refractivity contribution in [1.29, 1.82) is 0 Å². The van der Waals surface area contributed by atoms with Crippen LogP contribution in [0, 0.1) is 0 Å². The molecule has 1 aliphatic rings. The molecule has 1 N–H and O–H groups in total. The summed E-state index contributed by atoms with van der Waals surface area (Å²) < 4.78 is 26.3. The van der Waals surface area contributed by atoms with E-state index in [0.29, 0.717) is 16.5 Å². The van der Waals surface area contributed by atoms with Crippen molar-refractivity contribution in [2.24, 2.45) is 0 Å². The Bertz CT molecular complexity index is 1150. The average molecular weight is 555 g/mol. The number of hydrogen-bond acceptors (Lipinski definition) is 4. The number of halogens is 2. The molecule has 10 heteroatoms. The number of hydrogen-bond donors (Lipinski definition) is 1. The van der Waals surface area contributed by atoms with E-state index >= 15 is 0 Å². The third-order valence-corrected chi connectivity index (χ3v) is 8.01. The largest absolute Gasteiger partial charge is 0.352 e. The monoisotopic (exact) mass is 553 g/mol. The van der Waals surface area contributed by atoms with Gasteiger partial charge >= 0.3 is 0 Å². The van der Waals surface area contributed by atoms with Crippen LogP contribution in [0.3, 0.4) is 0 Å². The van der Waals surface area contributed by atoms with E-state index in [1.165, 1.54) is 11.0 Å². The SMILES string of the molecule is CCC(C(=O)NC1CCCCC1)N(Cc1ccc(Cl)cc1)C(=O)CN(c1cccc(Cl)c1)S(C)(=O)=O. The molecular formula is C26H33Cl2N3O4S. The molecule has 1 aliphatic carbocycles. The zero-order valence-corrected chi connectivity index (χ0v) is 23.0. The van der Waals surface area contributed by atoms with Crippen LogP contribution in [0.2, 0.25) is 10.0 Å². The first-order valence-electron chi connectivity index (χ1n) is 12.2. The van der Waals surface area contributed by atoms with Crippen molar-refractivity contribution < 1.29 is 18.0 Å². The molecule has 0 saturated heterocycles. The number of anilines is 1. The predicted molar refractivity (Wildman–Crippen MR) is 145 cm³/mol. The van der Waals surface area contributed by atoms with E-state index < -0.39 is 28.5 Å². The Hall–Kier alpha value is -2.29. The third-order valence-electron chi connectivity index (χ3n) is 6.38. The molecule has 0 spiro atoms. The van der Waals surface area contributed by atoms with Crippen molar-refractivity contribution in [3.63, 3.8) is 0 Å². The summed E-state index contributed by atoms with van der Waals surface area (Å²) in [6.45, 7) is 1.53. The Morgan fingerprint density at radius 1 is 1.03 bits per heavy atom.